The van der Waals surface area contributed by atoms with Crippen molar-refractivity contribution in [1.82, 2.24) is 4.98 Å². The van der Waals surface area contributed by atoms with Crippen LogP contribution in [0.15, 0.2) is 36.5 Å². The molecule has 0 aliphatic carbocycles. The predicted octanol–water partition coefficient (Wildman–Crippen LogP) is 3.34. The molecule has 0 unspecified atom stereocenters. The van der Waals surface area contributed by atoms with Crippen LogP contribution in [0.1, 0.15) is 24.1 Å². The van der Waals surface area contributed by atoms with E-state index >= 15 is 0 Å². The molecule has 4 nitrogen and oxygen atoms in total. The number of nitrogens with two attached hydrogens (primary N) is 1. The lowest BCUT2D eigenvalue weighted by Crippen LogP contribution is -2.05. The number of ether oxygens (including phenoxy) is 2. The molecular formula is C15H17ClN2O2. The lowest BCUT2D eigenvalue weighted by atomic mass is 10.1. The first-order chi connectivity index (χ1) is 9.61. The van der Waals surface area contributed by atoms with Gasteiger partial charge in [0.1, 0.15) is 12.4 Å². The van der Waals surface area contributed by atoms with Gasteiger partial charge in [-0.2, -0.15) is 0 Å². The monoisotopic (exact) mass is 292 g/mol. The van der Waals surface area contributed by atoms with Crippen molar-refractivity contribution >= 4 is 11.6 Å². The highest BCUT2D eigenvalue weighted by atomic mass is 35.5. The Morgan fingerprint density at radius 3 is 2.80 bits per heavy atom. The molecule has 0 saturated heterocycles. The second-order valence-corrected chi connectivity index (χ2v) is 4.85. The molecule has 1 atom stereocenters. The zero-order valence-corrected chi connectivity index (χ0v) is 12.2. The van der Waals surface area contributed by atoms with E-state index in [4.69, 9.17) is 26.8 Å². The van der Waals surface area contributed by atoms with Gasteiger partial charge in [0.2, 0.25) is 5.88 Å². The molecule has 1 aromatic carbocycles. The molecule has 0 fully saturated rings. The Morgan fingerprint density at radius 2 is 2.15 bits per heavy atom. The van der Waals surface area contributed by atoms with Gasteiger partial charge in [-0.25, -0.2) is 4.98 Å². The van der Waals surface area contributed by atoms with Crippen molar-refractivity contribution in [1.29, 1.82) is 0 Å². The summed E-state index contributed by atoms with van der Waals surface area (Å²) in [6, 6.07) is 9.23. The number of methoxy groups -OCH3 is 1. The van der Waals surface area contributed by atoms with Crippen molar-refractivity contribution < 1.29 is 9.47 Å². The second kappa shape index (κ2) is 6.59. The molecule has 0 radical (unpaired) electrons. The fourth-order valence-electron chi connectivity index (χ4n) is 1.79. The molecule has 106 valence electrons. The maximum atomic E-state index is 6.19. The van der Waals surface area contributed by atoms with E-state index in [0.29, 0.717) is 23.3 Å². The average molecular weight is 293 g/mol. The van der Waals surface area contributed by atoms with Gasteiger partial charge in [-0.05, 0) is 36.8 Å². The molecule has 2 N–H and O–H groups in total. The predicted molar refractivity (Wildman–Crippen MR) is 79.2 cm³/mol. The normalized spacial score (nSPS) is 12.0. The smallest absolute Gasteiger partial charge is 0.219 e. The van der Waals surface area contributed by atoms with Crippen LogP contribution in [0.25, 0.3) is 0 Å². The first-order valence-electron chi connectivity index (χ1n) is 6.27. The van der Waals surface area contributed by atoms with Crippen LogP contribution < -0.4 is 15.2 Å². The van der Waals surface area contributed by atoms with E-state index in [0.717, 1.165) is 11.1 Å². The van der Waals surface area contributed by atoms with Crippen LogP contribution in [0, 0.1) is 0 Å². The largest absolute Gasteiger partial charge is 0.487 e. The highest BCUT2D eigenvalue weighted by Crippen LogP contribution is 2.28. The van der Waals surface area contributed by atoms with Crippen molar-refractivity contribution in [2.45, 2.75) is 19.6 Å². The molecule has 0 spiro atoms. The van der Waals surface area contributed by atoms with Crippen molar-refractivity contribution in [3.05, 3.63) is 52.7 Å². The number of rotatable bonds is 5. The number of hydrogen-bond donors (Lipinski definition) is 1. The third kappa shape index (κ3) is 3.40. The SMILES string of the molecule is COc1ncccc1COc1ccc([C@H](C)N)cc1Cl. The molecule has 20 heavy (non-hydrogen) atoms. The van der Waals surface area contributed by atoms with Gasteiger partial charge in [0.25, 0.3) is 0 Å². The fraction of sp³-hybridized carbons (Fsp3) is 0.267. The van der Waals surface area contributed by atoms with E-state index in [1.807, 2.05) is 37.3 Å². The van der Waals surface area contributed by atoms with Gasteiger partial charge in [0.15, 0.2) is 0 Å². The van der Waals surface area contributed by atoms with Crippen LogP contribution in [-0.2, 0) is 6.61 Å². The Morgan fingerprint density at radius 1 is 1.35 bits per heavy atom. The topological polar surface area (TPSA) is 57.4 Å². The van der Waals surface area contributed by atoms with Crippen molar-refractivity contribution in [2.75, 3.05) is 7.11 Å². The van der Waals surface area contributed by atoms with Crippen LogP contribution in [0.2, 0.25) is 5.02 Å². The Hall–Kier alpha value is -1.78. The van der Waals surface area contributed by atoms with Crippen molar-refractivity contribution in [3.63, 3.8) is 0 Å². The second-order valence-electron chi connectivity index (χ2n) is 4.44. The lowest BCUT2D eigenvalue weighted by molar-refractivity contribution is 0.294. The summed E-state index contributed by atoms with van der Waals surface area (Å²) >= 11 is 6.19. The number of halogens is 1. The van der Waals surface area contributed by atoms with Crippen molar-refractivity contribution in [3.8, 4) is 11.6 Å². The minimum Gasteiger partial charge on any atom is -0.487 e. The standard InChI is InChI=1S/C15H17ClN2O2/c1-10(17)11-5-6-14(13(16)8-11)20-9-12-4-3-7-18-15(12)19-2/h3-8,10H,9,17H2,1-2H3/t10-/m0/s1. The summed E-state index contributed by atoms with van der Waals surface area (Å²) in [7, 11) is 1.58. The van der Waals surface area contributed by atoms with Crippen LogP contribution in [0.3, 0.4) is 0 Å². The van der Waals surface area contributed by atoms with E-state index in [9.17, 15) is 0 Å². The fourth-order valence-corrected chi connectivity index (χ4v) is 2.03. The summed E-state index contributed by atoms with van der Waals surface area (Å²) < 4.78 is 10.9. The molecule has 5 heteroatoms. The van der Waals surface area contributed by atoms with Crippen LogP contribution in [0.4, 0.5) is 0 Å². The quantitative estimate of drug-likeness (QED) is 0.918. The Balaban J connectivity index is 2.11. The minimum atomic E-state index is -0.0556. The first kappa shape index (κ1) is 14.6. The number of pyridine rings is 1. The van der Waals surface area contributed by atoms with Gasteiger partial charge in [0.05, 0.1) is 17.7 Å². The molecule has 0 aliphatic rings. The van der Waals surface area contributed by atoms with Gasteiger partial charge in [-0.15, -0.1) is 0 Å². The van der Waals surface area contributed by atoms with Crippen LogP contribution in [-0.4, -0.2) is 12.1 Å². The summed E-state index contributed by atoms with van der Waals surface area (Å²) in [5, 5.41) is 0.544. The van der Waals surface area contributed by atoms with E-state index < -0.39 is 0 Å². The molecule has 2 rings (SSSR count). The molecule has 0 bridgehead atoms. The zero-order chi connectivity index (χ0) is 14.5. The van der Waals surface area contributed by atoms with Crippen LogP contribution >= 0.6 is 11.6 Å². The van der Waals surface area contributed by atoms with E-state index in [1.54, 1.807) is 13.3 Å². The zero-order valence-electron chi connectivity index (χ0n) is 11.5. The Kier molecular flexibility index (Phi) is 4.82. The van der Waals surface area contributed by atoms with Crippen molar-refractivity contribution in [2.24, 2.45) is 5.73 Å². The van der Waals surface area contributed by atoms with Gasteiger partial charge in [0, 0.05) is 12.2 Å². The van der Waals surface area contributed by atoms with Gasteiger partial charge in [-0.1, -0.05) is 17.7 Å². The minimum absolute atomic E-state index is 0.0556. The summed E-state index contributed by atoms with van der Waals surface area (Å²) in [6.07, 6.45) is 1.67. The molecule has 1 heterocycles. The maximum absolute atomic E-state index is 6.19. The summed E-state index contributed by atoms with van der Waals surface area (Å²) in [6.45, 7) is 2.25. The Labute approximate surface area is 123 Å². The Bertz CT molecular complexity index is 588. The lowest BCUT2D eigenvalue weighted by Gasteiger charge is -2.12. The third-order valence-electron chi connectivity index (χ3n) is 2.91. The molecule has 2 aromatic rings. The van der Waals surface area contributed by atoms with E-state index in [-0.39, 0.29) is 6.04 Å². The third-order valence-corrected chi connectivity index (χ3v) is 3.20. The number of hydrogen-bond acceptors (Lipinski definition) is 4. The summed E-state index contributed by atoms with van der Waals surface area (Å²) in [5.74, 6) is 1.16. The van der Waals surface area contributed by atoms with E-state index in [2.05, 4.69) is 4.98 Å². The number of nitrogens with zero attached hydrogens (tertiary/aromatic N) is 1. The average Bonchev–Trinajstić information content (AvgIpc) is 2.46. The maximum Gasteiger partial charge on any atom is 0.219 e. The summed E-state index contributed by atoms with van der Waals surface area (Å²) in [4.78, 5) is 4.12. The van der Waals surface area contributed by atoms with Gasteiger partial charge >= 0.3 is 0 Å². The van der Waals surface area contributed by atoms with Gasteiger partial charge < -0.3 is 15.2 Å². The van der Waals surface area contributed by atoms with Gasteiger partial charge in [-0.3, -0.25) is 0 Å². The first-order valence-corrected chi connectivity index (χ1v) is 6.65. The summed E-state index contributed by atoms with van der Waals surface area (Å²) in [5.41, 5.74) is 7.65. The number of aromatic nitrogens is 1. The molecule has 0 aliphatic heterocycles. The highest BCUT2D eigenvalue weighted by Gasteiger charge is 2.08. The van der Waals surface area contributed by atoms with E-state index in [1.165, 1.54) is 0 Å². The molecule has 0 saturated carbocycles. The highest BCUT2D eigenvalue weighted by molar-refractivity contribution is 6.32. The molecule has 0 amide bonds. The molecular weight excluding hydrogens is 276 g/mol. The number of benzene rings is 1. The molecule has 1 aromatic heterocycles. The van der Waals surface area contributed by atoms with Crippen LogP contribution in [0.5, 0.6) is 11.6 Å².